The number of nitrogens with one attached hydrogen (secondary N) is 1. The van der Waals surface area contributed by atoms with Gasteiger partial charge in [0.25, 0.3) is 5.91 Å². The second-order valence-electron chi connectivity index (χ2n) is 8.55. The summed E-state index contributed by atoms with van der Waals surface area (Å²) in [5, 5.41) is 2.88. The molecule has 0 unspecified atom stereocenters. The maximum Gasteiger partial charge on any atom is 0.422 e. The zero-order chi connectivity index (χ0) is 26.2. The number of nitrogens with zero attached hydrogens (tertiary/aromatic N) is 4. The standard InChI is InChI=1S/C27H22F3N5O2/c1-17-11-18(2)23(34-10-8-25-32-15-24(35(25)34)20-6-4-9-31-14-20)13-22(17)33-26(36)19-5-3-7-21(12-19)37-16-27(28,29)30/h3-15H,16H2,1-2H3,(H,33,36). The molecule has 188 valence electrons. The van der Waals surface area contributed by atoms with Gasteiger partial charge in [-0.3, -0.25) is 14.5 Å². The van der Waals surface area contributed by atoms with E-state index in [0.29, 0.717) is 5.69 Å². The van der Waals surface area contributed by atoms with Crippen LogP contribution in [-0.2, 0) is 0 Å². The summed E-state index contributed by atoms with van der Waals surface area (Å²) in [4.78, 5) is 21.7. The molecule has 7 nitrogen and oxygen atoms in total. The first kappa shape index (κ1) is 24.1. The first-order valence-corrected chi connectivity index (χ1v) is 11.4. The minimum Gasteiger partial charge on any atom is -0.484 e. The van der Waals surface area contributed by atoms with Crippen molar-refractivity contribution in [3.05, 3.63) is 96.1 Å². The molecule has 0 fully saturated rings. The lowest BCUT2D eigenvalue weighted by Crippen LogP contribution is -2.19. The van der Waals surface area contributed by atoms with Crippen LogP contribution in [0.15, 0.2) is 79.4 Å². The summed E-state index contributed by atoms with van der Waals surface area (Å²) >= 11 is 0. The molecule has 0 aliphatic heterocycles. The Bertz CT molecular complexity index is 1590. The van der Waals surface area contributed by atoms with Crippen LogP contribution >= 0.6 is 0 Å². The number of benzene rings is 2. The predicted octanol–water partition coefficient (Wildman–Crippen LogP) is 6.00. The minimum absolute atomic E-state index is 0.0379. The van der Waals surface area contributed by atoms with Crippen molar-refractivity contribution in [2.75, 3.05) is 11.9 Å². The number of pyridine rings is 1. The number of carbonyl (C=O) groups is 1. The van der Waals surface area contributed by atoms with Crippen LogP contribution in [0.4, 0.5) is 18.9 Å². The Kier molecular flexibility index (Phi) is 6.16. The first-order valence-electron chi connectivity index (χ1n) is 11.4. The molecule has 0 spiro atoms. The number of aromatic nitrogens is 4. The zero-order valence-corrected chi connectivity index (χ0v) is 20.0. The summed E-state index contributed by atoms with van der Waals surface area (Å²) in [6, 6.07) is 15.2. The monoisotopic (exact) mass is 505 g/mol. The highest BCUT2D eigenvalue weighted by molar-refractivity contribution is 6.05. The van der Waals surface area contributed by atoms with Gasteiger partial charge < -0.3 is 10.1 Å². The number of rotatable bonds is 6. The average Bonchev–Trinajstić information content (AvgIpc) is 3.47. The number of ether oxygens (including phenoxy) is 1. The van der Waals surface area contributed by atoms with Gasteiger partial charge >= 0.3 is 6.18 Å². The first-order chi connectivity index (χ1) is 17.7. The molecule has 3 aromatic heterocycles. The van der Waals surface area contributed by atoms with E-state index in [9.17, 15) is 18.0 Å². The number of halogens is 3. The third-order valence-electron chi connectivity index (χ3n) is 5.84. The highest BCUT2D eigenvalue weighted by atomic mass is 19.4. The van der Waals surface area contributed by atoms with Crippen molar-refractivity contribution >= 4 is 17.2 Å². The lowest BCUT2D eigenvalue weighted by atomic mass is 10.1. The van der Waals surface area contributed by atoms with Gasteiger partial charge in [0.05, 0.1) is 17.6 Å². The number of fused-ring (bicyclic) bond motifs is 1. The van der Waals surface area contributed by atoms with Crippen LogP contribution in [0.3, 0.4) is 0 Å². The van der Waals surface area contributed by atoms with Gasteiger partial charge in [-0.15, -0.1) is 0 Å². The number of anilines is 1. The van der Waals surface area contributed by atoms with E-state index >= 15 is 0 Å². The molecule has 5 aromatic rings. The Hall–Kier alpha value is -4.60. The maximum absolute atomic E-state index is 13.0. The van der Waals surface area contributed by atoms with Crippen molar-refractivity contribution in [1.82, 2.24) is 19.2 Å². The fraction of sp³-hybridized carbons (Fsp3) is 0.148. The normalized spacial score (nSPS) is 11.6. The molecule has 5 rings (SSSR count). The summed E-state index contributed by atoms with van der Waals surface area (Å²) in [6.07, 6.45) is 2.68. The van der Waals surface area contributed by atoms with Gasteiger partial charge in [0.15, 0.2) is 12.3 Å². The lowest BCUT2D eigenvalue weighted by Gasteiger charge is -2.16. The lowest BCUT2D eigenvalue weighted by molar-refractivity contribution is -0.153. The van der Waals surface area contributed by atoms with E-state index in [1.807, 2.05) is 59.6 Å². The average molecular weight is 506 g/mol. The molecule has 1 amide bonds. The molecule has 2 aromatic carbocycles. The molecule has 1 N–H and O–H groups in total. The SMILES string of the molecule is Cc1cc(C)c(-n2ccc3ncc(-c4cccnc4)n32)cc1NC(=O)c1cccc(OCC(F)(F)F)c1. The largest absolute Gasteiger partial charge is 0.484 e. The highest BCUT2D eigenvalue weighted by Gasteiger charge is 2.28. The Morgan fingerprint density at radius 1 is 1.03 bits per heavy atom. The van der Waals surface area contributed by atoms with Crippen molar-refractivity contribution in [3.63, 3.8) is 0 Å². The smallest absolute Gasteiger partial charge is 0.422 e. The second kappa shape index (κ2) is 9.45. The van der Waals surface area contributed by atoms with E-state index in [-0.39, 0.29) is 11.3 Å². The molecular weight excluding hydrogens is 483 g/mol. The zero-order valence-electron chi connectivity index (χ0n) is 20.0. The molecule has 3 heterocycles. The van der Waals surface area contributed by atoms with Crippen molar-refractivity contribution < 1.29 is 22.7 Å². The van der Waals surface area contributed by atoms with Gasteiger partial charge in [-0.1, -0.05) is 12.1 Å². The molecule has 0 aliphatic rings. The summed E-state index contributed by atoms with van der Waals surface area (Å²) in [7, 11) is 0. The molecule has 0 saturated heterocycles. The van der Waals surface area contributed by atoms with Crippen LogP contribution in [0, 0.1) is 13.8 Å². The van der Waals surface area contributed by atoms with Gasteiger partial charge in [0.1, 0.15) is 5.75 Å². The fourth-order valence-electron chi connectivity index (χ4n) is 4.11. The molecule has 10 heteroatoms. The van der Waals surface area contributed by atoms with Crippen molar-refractivity contribution in [2.24, 2.45) is 0 Å². The molecule has 0 bridgehead atoms. The van der Waals surface area contributed by atoms with E-state index in [1.165, 1.54) is 24.3 Å². The van der Waals surface area contributed by atoms with E-state index in [4.69, 9.17) is 4.74 Å². The van der Waals surface area contributed by atoms with E-state index in [2.05, 4.69) is 15.3 Å². The maximum atomic E-state index is 13.0. The van der Waals surface area contributed by atoms with Gasteiger partial charge in [-0.2, -0.15) is 13.2 Å². The molecule has 0 saturated carbocycles. The van der Waals surface area contributed by atoms with Crippen LogP contribution in [0.5, 0.6) is 5.75 Å². The molecule has 37 heavy (non-hydrogen) atoms. The predicted molar refractivity (Wildman–Crippen MR) is 133 cm³/mol. The fourth-order valence-corrected chi connectivity index (χ4v) is 4.11. The summed E-state index contributed by atoms with van der Waals surface area (Å²) in [5.41, 5.74) is 5.88. The second-order valence-corrected chi connectivity index (χ2v) is 8.55. The summed E-state index contributed by atoms with van der Waals surface area (Å²) < 4.78 is 46.2. The van der Waals surface area contributed by atoms with Crippen LogP contribution in [0.1, 0.15) is 21.5 Å². The van der Waals surface area contributed by atoms with E-state index in [1.54, 1.807) is 18.6 Å². The van der Waals surface area contributed by atoms with E-state index < -0.39 is 18.7 Å². The topological polar surface area (TPSA) is 73.5 Å². The van der Waals surface area contributed by atoms with Gasteiger partial charge in [-0.25, -0.2) is 9.50 Å². The number of amides is 1. The quantitative estimate of drug-likeness (QED) is 0.307. The van der Waals surface area contributed by atoms with Crippen LogP contribution < -0.4 is 10.1 Å². The summed E-state index contributed by atoms with van der Waals surface area (Å²) in [5.74, 6) is -0.504. The van der Waals surface area contributed by atoms with Crippen molar-refractivity contribution in [2.45, 2.75) is 20.0 Å². The third-order valence-corrected chi connectivity index (χ3v) is 5.84. The molecule has 0 aliphatic carbocycles. The van der Waals surface area contributed by atoms with Gasteiger partial charge in [-0.05, 0) is 61.4 Å². The van der Waals surface area contributed by atoms with Crippen molar-refractivity contribution in [1.29, 1.82) is 0 Å². The van der Waals surface area contributed by atoms with Crippen LogP contribution in [0.25, 0.3) is 22.6 Å². The minimum atomic E-state index is -4.47. The Morgan fingerprint density at radius 2 is 1.86 bits per heavy atom. The molecule has 0 radical (unpaired) electrons. The van der Waals surface area contributed by atoms with Crippen LogP contribution in [0.2, 0.25) is 0 Å². The third kappa shape index (κ3) is 5.04. The number of aryl methyl sites for hydroxylation is 2. The number of hydrogen-bond acceptors (Lipinski definition) is 4. The number of alkyl halides is 3. The number of imidazole rings is 1. The van der Waals surface area contributed by atoms with Crippen molar-refractivity contribution in [3.8, 4) is 22.7 Å². The Balaban J connectivity index is 1.47. The number of hydrogen-bond donors (Lipinski definition) is 1. The Morgan fingerprint density at radius 3 is 2.62 bits per heavy atom. The molecular formula is C27H22F3N5O2. The van der Waals surface area contributed by atoms with Gasteiger partial charge in [0, 0.05) is 41.5 Å². The molecule has 0 atom stereocenters. The summed E-state index contributed by atoms with van der Waals surface area (Å²) in [6.45, 7) is 2.42. The number of carbonyl (C=O) groups excluding carboxylic acids is 1. The highest BCUT2D eigenvalue weighted by Crippen LogP contribution is 2.28. The van der Waals surface area contributed by atoms with E-state index in [0.717, 1.165) is 33.7 Å². The Labute approximate surface area is 210 Å². The van der Waals surface area contributed by atoms with Gasteiger partial charge in [0.2, 0.25) is 0 Å². The van der Waals surface area contributed by atoms with Crippen LogP contribution in [-0.4, -0.2) is 37.9 Å².